The maximum absolute atomic E-state index is 5.89. The lowest BCUT2D eigenvalue weighted by Gasteiger charge is -2.25. The highest BCUT2D eigenvalue weighted by Crippen LogP contribution is 2.19. The van der Waals surface area contributed by atoms with Crippen molar-refractivity contribution in [1.82, 2.24) is 15.1 Å². The highest BCUT2D eigenvalue weighted by molar-refractivity contribution is 14.0. The SMILES string of the molecule is CN=C(NCCc1cc2ccccc2o1)N1CCC(N2CC=CC2)C1.I. The number of rotatable bonds is 4. The molecule has 0 saturated carbocycles. The molecule has 3 heterocycles. The second-order valence-corrected chi connectivity index (χ2v) is 6.79. The number of benzene rings is 1. The Labute approximate surface area is 172 Å². The van der Waals surface area contributed by atoms with E-state index in [0.717, 1.165) is 56.4 Å². The second-order valence-electron chi connectivity index (χ2n) is 6.79. The number of halogens is 1. The van der Waals surface area contributed by atoms with Crippen LogP contribution in [0.15, 0.2) is 51.9 Å². The first kappa shape index (κ1) is 19.2. The van der Waals surface area contributed by atoms with Gasteiger partial charge in [0.05, 0.1) is 0 Å². The zero-order valence-electron chi connectivity index (χ0n) is 15.2. The first-order valence-corrected chi connectivity index (χ1v) is 9.15. The molecule has 2 aliphatic rings. The molecule has 0 bridgehead atoms. The monoisotopic (exact) mass is 466 g/mol. The lowest BCUT2D eigenvalue weighted by molar-refractivity contribution is 0.259. The van der Waals surface area contributed by atoms with Crippen molar-refractivity contribution >= 4 is 40.9 Å². The summed E-state index contributed by atoms with van der Waals surface area (Å²) in [5.74, 6) is 2.03. The van der Waals surface area contributed by atoms with Crippen LogP contribution < -0.4 is 5.32 Å². The van der Waals surface area contributed by atoms with Gasteiger partial charge in [0, 0.05) is 57.6 Å². The number of hydrogen-bond donors (Lipinski definition) is 1. The van der Waals surface area contributed by atoms with Gasteiger partial charge in [0.15, 0.2) is 5.96 Å². The van der Waals surface area contributed by atoms with Gasteiger partial charge in [-0.25, -0.2) is 0 Å². The Morgan fingerprint density at radius 3 is 2.85 bits per heavy atom. The van der Waals surface area contributed by atoms with Gasteiger partial charge in [0.1, 0.15) is 11.3 Å². The second kappa shape index (κ2) is 8.90. The van der Waals surface area contributed by atoms with E-state index >= 15 is 0 Å². The van der Waals surface area contributed by atoms with Crippen molar-refractivity contribution in [2.75, 3.05) is 39.8 Å². The summed E-state index contributed by atoms with van der Waals surface area (Å²) in [6.45, 7) is 5.16. The van der Waals surface area contributed by atoms with Gasteiger partial charge in [0.2, 0.25) is 0 Å². The standard InChI is InChI=1S/C20H26N4O.HI/c1-21-20(24-13-9-17(15-24)23-11-4-5-12-23)22-10-8-18-14-16-6-2-3-7-19(16)25-18;/h2-7,14,17H,8-13,15H2,1H3,(H,21,22);1H. The smallest absolute Gasteiger partial charge is 0.193 e. The lowest BCUT2D eigenvalue weighted by Crippen LogP contribution is -2.43. The molecule has 1 atom stereocenters. The maximum atomic E-state index is 5.89. The normalized spacial score (nSPS) is 20.7. The molecule has 1 N–H and O–H groups in total. The number of likely N-dealkylation sites (tertiary alicyclic amines) is 1. The minimum atomic E-state index is 0. The van der Waals surface area contributed by atoms with Gasteiger partial charge in [-0.1, -0.05) is 30.4 Å². The van der Waals surface area contributed by atoms with E-state index in [1.165, 1.54) is 11.8 Å². The number of para-hydroxylation sites is 1. The fourth-order valence-electron chi connectivity index (χ4n) is 3.81. The summed E-state index contributed by atoms with van der Waals surface area (Å²) in [6.07, 6.45) is 6.61. The van der Waals surface area contributed by atoms with E-state index in [2.05, 4.69) is 44.4 Å². The highest BCUT2D eigenvalue weighted by Gasteiger charge is 2.29. The number of guanidine groups is 1. The molecule has 4 rings (SSSR count). The average molecular weight is 466 g/mol. The first-order chi connectivity index (χ1) is 12.3. The molecule has 1 fully saturated rings. The van der Waals surface area contributed by atoms with E-state index in [1.54, 1.807) is 0 Å². The zero-order valence-corrected chi connectivity index (χ0v) is 17.6. The molecule has 6 heteroatoms. The van der Waals surface area contributed by atoms with Crippen molar-refractivity contribution in [1.29, 1.82) is 0 Å². The maximum Gasteiger partial charge on any atom is 0.193 e. The Bertz CT molecular complexity index is 744. The molecule has 26 heavy (non-hydrogen) atoms. The Hall–Kier alpha value is -1.54. The van der Waals surface area contributed by atoms with Crippen molar-refractivity contribution < 1.29 is 4.42 Å². The third kappa shape index (κ3) is 4.23. The van der Waals surface area contributed by atoms with Crippen LogP contribution in [0.5, 0.6) is 0 Å². The Morgan fingerprint density at radius 1 is 1.27 bits per heavy atom. The van der Waals surface area contributed by atoms with E-state index < -0.39 is 0 Å². The zero-order chi connectivity index (χ0) is 17.1. The van der Waals surface area contributed by atoms with E-state index in [-0.39, 0.29) is 24.0 Å². The minimum absolute atomic E-state index is 0. The summed E-state index contributed by atoms with van der Waals surface area (Å²) in [4.78, 5) is 9.39. The minimum Gasteiger partial charge on any atom is -0.461 e. The molecule has 0 spiro atoms. The Balaban J connectivity index is 0.00000196. The van der Waals surface area contributed by atoms with E-state index in [0.29, 0.717) is 6.04 Å². The molecule has 1 aromatic carbocycles. The first-order valence-electron chi connectivity index (χ1n) is 9.15. The molecule has 0 amide bonds. The summed E-state index contributed by atoms with van der Waals surface area (Å²) in [5, 5.41) is 4.67. The summed E-state index contributed by atoms with van der Waals surface area (Å²) >= 11 is 0. The van der Waals surface area contributed by atoms with E-state index in [4.69, 9.17) is 4.42 Å². The summed E-state index contributed by atoms with van der Waals surface area (Å²) in [7, 11) is 1.87. The van der Waals surface area contributed by atoms with Crippen molar-refractivity contribution in [3.63, 3.8) is 0 Å². The molecule has 0 aliphatic carbocycles. The number of furan rings is 1. The molecular weight excluding hydrogens is 439 g/mol. The molecule has 1 saturated heterocycles. The van der Waals surface area contributed by atoms with Crippen molar-refractivity contribution in [3.05, 3.63) is 48.2 Å². The fourth-order valence-corrected chi connectivity index (χ4v) is 3.81. The number of fused-ring (bicyclic) bond motifs is 1. The third-order valence-corrected chi connectivity index (χ3v) is 5.17. The topological polar surface area (TPSA) is 44.0 Å². The van der Waals surface area contributed by atoms with E-state index in [9.17, 15) is 0 Å². The predicted molar refractivity (Wildman–Crippen MR) is 117 cm³/mol. The molecule has 5 nitrogen and oxygen atoms in total. The summed E-state index contributed by atoms with van der Waals surface area (Å²) in [5.41, 5.74) is 0.962. The Kier molecular flexibility index (Phi) is 6.58. The third-order valence-electron chi connectivity index (χ3n) is 5.17. The van der Waals surface area contributed by atoms with Crippen molar-refractivity contribution in [2.24, 2.45) is 4.99 Å². The van der Waals surface area contributed by atoms with Gasteiger partial charge in [-0.05, 0) is 18.6 Å². The van der Waals surface area contributed by atoms with E-state index in [1.807, 2.05) is 25.2 Å². The predicted octanol–water partition coefficient (Wildman–Crippen LogP) is 3.11. The van der Waals surface area contributed by atoms with Crippen LogP contribution >= 0.6 is 24.0 Å². The number of nitrogens with one attached hydrogen (secondary N) is 1. The molecule has 2 aliphatic heterocycles. The van der Waals surface area contributed by atoms with Crippen LogP contribution in [0.2, 0.25) is 0 Å². The molecule has 2 aromatic rings. The van der Waals surface area contributed by atoms with Gasteiger partial charge in [-0.3, -0.25) is 9.89 Å². The van der Waals surface area contributed by atoms with Crippen LogP contribution in [0.25, 0.3) is 11.0 Å². The molecule has 1 unspecified atom stereocenters. The van der Waals surface area contributed by atoms with Crippen LogP contribution in [0.3, 0.4) is 0 Å². The van der Waals surface area contributed by atoms with Gasteiger partial charge >= 0.3 is 0 Å². The van der Waals surface area contributed by atoms with Crippen LogP contribution in [0.1, 0.15) is 12.2 Å². The molecule has 140 valence electrons. The quantitative estimate of drug-likeness (QED) is 0.326. The number of hydrogen-bond acceptors (Lipinski definition) is 3. The summed E-state index contributed by atoms with van der Waals surface area (Å²) < 4.78 is 5.89. The summed E-state index contributed by atoms with van der Waals surface area (Å²) in [6, 6.07) is 10.9. The van der Waals surface area contributed by atoms with Crippen LogP contribution in [-0.2, 0) is 6.42 Å². The molecule has 1 aromatic heterocycles. The molecular formula is C20H27IN4O. The van der Waals surface area contributed by atoms with Crippen LogP contribution in [0, 0.1) is 0 Å². The van der Waals surface area contributed by atoms with Gasteiger partial charge in [0.25, 0.3) is 0 Å². The molecule has 0 radical (unpaired) electrons. The van der Waals surface area contributed by atoms with Crippen molar-refractivity contribution in [2.45, 2.75) is 18.9 Å². The van der Waals surface area contributed by atoms with Gasteiger partial charge in [-0.15, -0.1) is 24.0 Å². The number of aliphatic imine (C=N–C) groups is 1. The van der Waals surface area contributed by atoms with Crippen LogP contribution in [-0.4, -0.2) is 61.6 Å². The fraction of sp³-hybridized carbons (Fsp3) is 0.450. The Morgan fingerprint density at radius 2 is 2.08 bits per heavy atom. The van der Waals surface area contributed by atoms with Gasteiger partial charge < -0.3 is 14.6 Å². The van der Waals surface area contributed by atoms with Crippen molar-refractivity contribution in [3.8, 4) is 0 Å². The van der Waals surface area contributed by atoms with Crippen LogP contribution in [0.4, 0.5) is 0 Å². The largest absolute Gasteiger partial charge is 0.461 e. The van der Waals surface area contributed by atoms with Gasteiger partial charge in [-0.2, -0.15) is 0 Å². The highest BCUT2D eigenvalue weighted by atomic mass is 127. The average Bonchev–Trinajstić information content (AvgIpc) is 3.38. The lowest BCUT2D eigenvalue weighted by atomic mass is 10.2. The number of nitrogens with zero attached hydrogens (tertiary/aromatic N) is 3.